The van der Waals surface area contributed by atoms with Gasteiger partial charge in [-0.2, -0.15) is 0 Å². The highest BCUT2D eigenvalue weighted by molar-refractivity contribution is 5.99. The molecule has 1 N–H and O–H groups in total. The Morgan fingerprint density at radius 1 is 1.31 bits per heavy atom. The number of aryl methyl sites for hydroxylation is 1. The lowest BCUT2D eigenvalue weighted by Gasteiger charge is -2.47. The van der Waals surface area contributed by atoms with Gasteiger partial charge in [-0.15, -0.1) is 0 Å². The minimum absolute atomic E-state index is 0.0130. The fourth-order valence-corrected chi connectivity index (χ4v) is 5.29. The molecule has 1 fully saturated rings. The molecule has 0 aromatic heterocycles. The van der Waals surface area contributed by atoms with Crippen molar-refractivity contribution in [1.29, 1.82) is 0 Å². The second-order valence-corrected chi connectivity index (χ2v) is 9.66. The highest BCUT2D eigenvalue weighted by Crippen LogP contribution is 2.54. The maximum Gasteiger partial charge on any atom is 0.257 e. The summed E-state index contributed by atoms with van der Waals surface area (Å²) in [6, 6.07) is 2.06. The van der Waals surface area contributed by atoms with Crippen molar-refractivity contribution in [2.24, 2.45) is 5.92 Å². The summed E-state index contributed by atoms with van der Waals surface area (Å²) in [6.45, 7) is 10.3. The van der Waals surface area contributed by atoms with E-state index in [4.69, 9.17) is 4.74 Å². The fraction of sp³-hybridized carbons (Fsp3) is 0.640. The zero-order valence-corrected chi connectivity index (χ0v) is 18.4. The molecule has 4 heteroatoms. The summed E-state index contributed by atoms with van der Waals surface area (Å²) in [7, 11) is 0. The molecule has 1 aliphatic carbocycles. The van der Waals surface area contributed by atoms with Crippen molar-refractivity contribution in [2.75, 3.05) is 13.1 Å². The Labute approximate surface area is 174 Å². The van der Waals surface area contributed by atoms with Gasteiger partial charge in [0.05, 0.1) is 5.56 Å². The van der Waals surface area contributed by atoms with E-state index in [9.17, 15) is 9.90 Å². The molecule has 2 heterocycles. The molecule has 158 valence electrons. The molecule has 0 radical (unpaired) electrons. The second kappa shape index (κ2) is 7.70. The molecular formula is C25H35NO3. The highest BCUT2D eigenvalue weighted by Gasteiger charge is 2.46. The van der Waals surface area contributed by atoms with Crippen molar-refractivity contribution >= 4 is 5.91 Å². The Balaban J connectivity index is 1.84. The van der Waals surface area contributed by atoms with Crippen LogP contribution < -0.4 is 4.74 Å². The molecule has 3 aliphatic rings. The number of nitrogens with zero attached hydrogens (tertiary/aromatic N) is 1. The Hall–Kier alpha value is -1.97. The lowest BCUT2D eigenvalue weighted by atomic mass is 9.67. The number of carbonyl (C=O) groups excluding carboxylic acids is 1. The van der Waals surface area contributed by atoms with Gasteiger partial charge in [-0.05, 0) is 64.5 Å². The number of likely N-dealkylation sites (tertiary alicyclic amines) is 1. The van der Waals surface area contributed by atoms with Crippen molar-refractivity contribution in [3.8, 4) is 11.5 Å². The number of allylic oxidation sites excluding steroid dienone is 2. The summed E-state index contributed by atoms with van der Waals surface area (Å²) in [5.74, 6) is 1.34. The van der Waals surface area contributed by atoms with Gasteiger partial charge in [0.15, 0.2) is 0 Å². The highest BCUT2D eigenvalue weighted by atomic mass is 16.5. The summed E-state index contributed by atoms with van der Waals surface area (Å²) < 4.78 is 6.47. The normalized spacial score (nSPS) is 24.7. The molecule has 2 aliphatic heterocycles. The lowest BCUT2D eigenvalue weighted by molar-refractivity contribution is 0.0106. The molecule has 1 amide bonds. The van der Waals surface area contributed by atoms with E-state index in [2.05, 4.69) is 39.8 Å². The Morgan fingerprint density at radius 3 is 2.72 bits per heavy atom. The van der Waals surface area contributed by atoms with E-state index in [-0.39, 0.29) is 23.2 Å². The van der Waals surface area contributed by atoms with Crippen LogP contribution in [0.2, 0.25) is 0 Å². The molecule has 2 unspecified atom stereocenters. The van der Waals surface area contributed by atoms with Crippen molar-refractivity contribution in [1.82, 2.24) is 4.90 Å². The van der Waals surface area contributed by atoms with Crippen LogP contribution >= 0.6 is 0 Å². The number of hydrogen-bond acceptors (Lipinski definition) is 3. The molecule has 2 atom stereocenters. The zero-order chi connectivity index (χ0) is 20.8. The first-order valence-electron chi connectivity index (χ1n) is 11.4. The number of rotatable bonds is 5. The van der Waals surface area contributed by atoms with Crippen LogP contribution in [0.1, 0.15) is 93.6 Å². The van der Waals surface area contributed by atoms with E-state index in [0.29, 0.717) is 11.5 Å². The number of benzene rings is 1. The van der Waals surface area contributed by atoms with Crippen LogP contribution in [0.15, 0.2) is 17.7 Å². The topological polar surface area (TPSA) is 49.8 Å². The number of phenolic OH excluding ortho intramolecular Hbond substituents is 1. The first-order valence-corrected chi connectivity index (χ1v) is 11.4. The molecular weight excluding hydrogens is 362 g/mol. The van der Waals surface area contributed by atoms with Gasteiger partial charge in [0.2, 0.25) is 0 Å². The van der Waals surface area contributed by atoms with Crippen molar-refractivity contribution < 1.29 is 14.6 Å². The predicted molar refractivity (Wildman–Crippen MR) is 116 cm³/mol. The molecule has 4 nitrogen and oxygen atoms in total. The van der Waals surface area contributed by atoms with Crippen LogP contribution in [0, 0.1) is 5.92 Å². The van der Waals surface area contributed by atoms with Gasteiger partial charge in [0.25, 0.3) is 5.91 Å². The molecule has 1 aromatic rings. The Morgan fingerprint density at radius 2 is 2.07 bits per heavy atom. The van der Waals surface area contributed by atoms with Crippen molar-refractivity contribution in [3.63, 3.8) is 0 Å². The van der Waals surface area contributed by atoms with Crippen molar-refractivity contribution in [3.05, 3.63) is 34.4 Å². The van der Waals surface area contributed by atoms with Gasteiger partial charge in [-0.25, -0.2) is 0 Å². The maximum absolute atomic E-state index is 13.2. The number of fused-ring (bicyclic) bond motifs is 3. The SMILES string of the molecule is CCCCCc1cc2c(c(O)c1C(=O)N1CCC1)C1C=C(C)CCC1C(C)(C)O2. The van der Waals surface area contributed by atoms with Crippen LogP contribution in [0.5, 0.6) is 11.5 Å². The summed E-state index contributed by atoms with van der Waals surface area (Å²) in [6.07, 6.45) is 9.53. The Bertz CT molecular complexity index is 835. The third-order valence-corrected chi connectivity index (χ3v) is 7.14. The fourth-order valence-electron chi connectivity index (χ4n) is 5.29. The first-order chi connectivity index (χ1) is 13.8. The number of carbonyl (C=O) groups is 1. The third-order valence-electron chi connectivity index (χ3n) is 7.14. The van der Waals surface area contributed by atoms with Gasteiger partial charge < -0.3 is 14.7 Å². The predicted octanol–water partition coefficient (Wildman–Crippen LogP) is 5.58. The van der Waals surface area contributed by atoms with Gasteiger partial charge in [-0.1, -0.05) is 31.4 Å². The minimum atomic E-state index is -0.287. The summed E-state index contributed by atoms with van der Waals surface area (Å²) in [4.78, 5) is 15.1. The number of unbranched alkanes of at least 4 members (excludes halogenated alkanes) is 2. The van der Waals surface area contributed by atoms with Gasteiger partial charge >= 0.3 is 0 Å². The monoisotopic (exact) mass is 397 g/mol. The molecule has 1 aromatic carbocycles. The first kappa shape index (κ1) is 20.3. The lowest BCUT2D eigenvalue weighted by Crippen LogP contribution is -2.46. The maximum atomic E-state index is 13.2. The van der Waals surface area contributed by atoms with Gasteiger partial charge in [-0.3, -0.25) is 4.79 Å². The number of amides is 1. The molecule has 0 bridgehead atoms. The standard InChI is InChI=1S/C25H35NO3/c1-5-6-7-9-17-15-20-22(23(27)21(17)24(28)26-12-8-13-26)18-14-16(2)10-11-19(18)25(3,4)29-20/h14-15,18-19,27H,5-13H2,1-4H3. The van der Waals surface area contributed by atoms with E-state index in [1.165, 1.54) is 5.57 Å². The number of ether oxygens (including phenoxy) is 1. The van der Waals surface area contributed by atoms with Crippen molar-refractivity contribution in [2.45, 2.75) is 84.2 Å². The smallest absolute Gasteiger partial charge is 0.257 e. The van der Waals surface area contributed by atoms with Crippen LogP contribution in [-0.2, 0) is 6.42 Å². The average molecular weight is 398 g/mol. The number of aromatic hydroxyl groups is 1. The summed E-state index contributed by atoms with van der Waals surface area (Å²) >= 11 is 0. The average Bonchev–Trinajstić information content (AvgIpc) is 2.59. The van der Waals surface area contributed by atoms with E-state index in [1.54, 1.807) is 0 Å². The molecule has 0 saturated carbocycles. The van der Waals surface area contributed by atoms with Crippen LogP contribution in [0.25, 0.3) is 0 Å². The van der Waals surface area contributed by atoms with E-state index in [0.717, 1.165) is 74.9 Å². The summed E-state index contributed by atoms with van der Waals surface area (Å²) in [5, 5.41) is 11.4. The summed E-state index contributed by atoms with van der Waals surface area (Å²) in [5.41, 5.74) is 3.37. The van der Waals surface area contributed by atoms with E-state index in [1.807, 2.05) is 4.90 Å². The quantitative estimate of drug-likeness (QED) is 0.521. The van der Waals surface area contributed by atoms with Gasteiger partial charge in [0.1, 0.15) is 17.1 Å². The molecule has 1 saturated heterocycles. The van der Waals surface area contributed by atoms with Gasteiger partial charge in [0, 0.05) is 30.5 Å². The molecule has 0 spiro atoms. The third kappa shape index (κ3) is 3.55. The number of phenols is 1. The Kier molecular flexibility index (Phi) is 5.39. The van der Waals surface area contributed by atoms with Crippen LogP contribution in [0.4, 0.5) is 0 Å². The van der Waals surface area contributed by atoms with E-state index >= 15 is 0 Å². The largest absolute Gasteiger partial charge is 0.507 e. The molecule has 29 heavy (non-hydrogen) atoms. The molecule has 4 rings (SSSR count). The van der Waals surface area contributed by atoms with E-state index < -0.39 is 0 Å². The zero-order valence-electron chi connectivity index (χ0n) is 18.4. The van der Waals surface area contributed by atoms with Crippen LogP contribution in [-0.4, -0.2) is 34.6 Å². The number of hydrogen-bond donors (Lipinski definition) is 1. The second-order valence-electron chi connectivity index (χ2n) is 9.66. The van der Waals surface area contributed by atoms with Crippen LogP contribution in [0.3, 0.4) is 0 Å². The minimum Gasteiger partial charge on any atom is -0.507 e.